The number of benzene rings is 2. The van der Waals surface area contributed by atoms with E-state index in [4.69, 9.17) is 9.47 Å². The first-order chi connectivity index (χ1) is 11.6. The van der Waals surface area contributed by atoms with Crippen molar-refractivity contribution in [3.05, 3.63) is 59.2 Å². The number of anilines is 1. The second-order valence-electron chi connectivity index (χ2n) is 5.40. The molecule has 1 amide bonds. The molecule has 0 atom stereocenters. The molecule has 0 aliphatic heterocycles. The van der Waals surface area contributed by atoms with E-state index in [9.17, 15) is 4.79 Å². The maximum atomic E-state index is 12.2. The van der Waals surface area contributed by atoms with E-state index in [1.807, 2.05) is 43.3 Å². The van der Waals surface area contributed by atoms with Crippen LogP contribution in [0.4, 0.5) is 5.69 Å². The van der Waals surface area contributed by atoms with Crippen LogP contribution in [0.5, 0.6) is 11.5 Å². The van der Waals surface area contributed by atoms with Crippen molar-refractivity contribution in [2.75, 3.05) is 19.5 Å². The predicted molar refractivity (Wildman–Crippen MR) is 97.8 cm³/mol. The standard InChI is InChI=1S/C20H23NO3/c1-5-16-8-6-7-14(2)20(16)21-19(22)12-10-15-9-11-17(23-3)18(13-15)24-4/h6-13H,5H2,1-4H3,(H,21,22)/b12-10+. The molecule has 0 radical (unpaired) electrons. The van der Waals surface area contributed by atoms with E-state index in [2.05, 4.69) is 12.2 Å². The maximum absolute atomic E-state index is 12.2. The Morgan fingerprint density at radius 1 is 1.12 bits per heavy atom. The summed E-state index contributed by atoms with van der Waals surface area (Å²) in [4.78, 5) is 12.2. The first-order valence-electron chi connectivity index (χ1n) is 7.88. The summed E-state index contributed by atoms with van der Waals surface area (Å²) in [6.07, 6.45) is 4.14. The Morgan fingerprint density at radius 2 is 1.88 bits per heavy atom. The van der Waals surface area contributed by atoms with Crippen LogP contribution in [-0.4, -0.2) is 20.1 Å². The normalized spacial score (nSPS) is 10.7. The second-order valence-corrected chi connectivity index (χ2v) is 5.40. The van der Waals surface area contributed by atoms with Crippen molar-refractivity contribution < 1.29 is 14.3 Å². The van der Waals surface area contributed by atoms with Crippen LogP contribution in [0.3, 0.4) is 0 Å². The highest BCUT2D eigenvalue weighted by atomic mass is 16.5. The predicted octanol–water partition coefficient (Wildman–Crippen LogP) is 4.23. The molecule has 0 aromatic heterocycles. The van der Waals surface area contributed by atoms with Crippen LogP contribution in [0.15, 0.2) is 42.5 Å². The molecule has 0 aliphatic rings. The average molecular weight is 325 g/mol. The van der Waals surface area contributed by atoms with E-state index in [1.54, 1.807) is 20.3 Å². The summed E-state index contributed by atoms with van der Waals surface area (Å²) in [6.45, 7) is 4.07. The summed E-state index contributed by atoms with van der Waals surface area (Å²) >= 11 is 0. The first-order valence-corrected chi connectivity index (χ1v) is 7.88. The van der Waals surface area contributed by atoms with E-state index in [1.165, 1.54) is 6.08 Å². The Bertz CT molecular complexity index is 751. The molecule has 126 valence electrons. The number of carbonyl (C=O) groups is 1. The number of carbonyl (C=O) groups excluding carboxylic acids is 1. The molecule has 24 heavy (non-hydrogen) atoms. The number of methoxy groups -OCH3 is 2. The van der Waals surface area contributed by atoms with Gasteiger partial charge in [0.2, 0.25) is 5.91 Å². The number of hydrogen-bond donors (Lipinski definition) is 1. The lowest BCUT2D eigenvalue weighted by Gasteiger charge is -2.11. The van der Waals surface area contributed by atoms with Gasteiger partial charge in [-0.1, -0.05) is 31.2 Å². The Morgan fingerprint density at radius 3 is 2.54 bits per heavy atom. The van der Waals surface area contributed by atoms with E-state index in [0.717, 1.165) is 28.8 Å². The third-order valence-corrected chi connectivity index (χ3v) is 3.82. The number of nitrogens with one attached hydrogen (secondary N) is 1. The quantitative estimate of drug-likeness (QED) is 0.809. The van der Waals surface area contributed by atoms with Gasteiger partial charge < -0.3 is 14.8 Å². The van der Waals surface area contributed by atoms with Crippen molar-refractivity contribution in [1.82, 2.24) is 0 Å². The molecule has 0 heterocycles. The molecule has 2 rings (SSSR count). The number of hydrogen-bond acceptors (Lipinski definition) is 3. The van der Waals surface area contributed by atoms with Gasteiger partial charge in [-0.15, -0.1) is 0 Å². The zero-order chi connectivity index (χ0) is 17.5. The van der Waals surface area contributed by atoms with Crippen LogP contribution >= 0.6 is 0 Å². The highest BCUT2D eigenvalue weighted by molar-refractivity contribution is 6.02. The summed E-state index contributed by atoms with van der Waals surface area (Å²) in [5, 5.41) is 2.97. The number of aryl methyl sites for hydroxylation is 2. The molecule has 0 unspecified atom stereocenters. The van der Waals surface area contributed by atoms with Crippen molar-refractivity contribution in [2.45, 2.75) is 20.3 Å². The fraction of sp³-hybridized carbons (Fsp3) is 0.250. The molecule has 0 spiro atoms. The van der Waals surface area contributed by atoms with Gasteiger partial charge in [-0.2, -0.15) is 0 Å². The fourth-order valence-electron chi connectivity index (χ4n) is 2.50. The lowest BCUT2D eigenvalue weighted by molar-refractivity contribution is -0.111. The van der Waals surface area contributed by atoms with Crippen molar-refractivity contribution in [3.8, 4) is 11.5 Å². The molecular formula is C20H23NO3. The first kappa shape index (κ1) is 17.6. The van der Waals surface area contributed by atoms with Crippen LogP contribution < -0.4 is 14.8 Å². The molecule has 0 fully saturated rings. The minimum absolute atomic E-state index is 0.159. The minimum Gasteiger partial charge on any atom is -0.493 e. The van der Waals surface area contributed by atoms with E-state index >= 15 is 0 Å². The van der Waals surface area contributed by atoms with Gasteiger partial charge in [-0.25, -0.2) is 0 Å². The Labute approximate surface area is 143 Å². The smallest absolute Gasteiger partial charge is 0.248 e. The zero-order valence-electron chi connectivity index (χ0n) is 14.6. The molecule has 4 nitrogen and oxygen atoms in total. The monoisotopic (exact) mass is 325 g/mol. The lowest BCUT2D eigenvalue weighted by Crippen LogP contribution is -2.11. The maximum Gasteiger partial charge on any atom is 0.248 e. The fourth-order valence-corrected chi connectivity index (χ4v) is 2.50. The Kier molecular flexibility index (Phi) is 6.01. The SMILES string of the molecule is CCc1cccc(C)c1NC(=O)/C=C/c1ccc(OC)c(OC)c1. The van der Waals surface area contributed by atoms with E-state index < -0.39 is 0 Å². The number of rotatable bonds is 6. The van der Waals surface area contributed by atoms with Crippen LogP contribution in [0, 0.1) is 6.92 Å². The van der Waals surface area contributed by atoms with Gasteiger partial charge >= 0.3 is 0 Å². The van der Waals surface area contributed by atoms with Crippen molar-refractivity contribution in [2.24, 2.45) is 0 Å². The molecule has 0 saturated heterocycles. The van der Waals surface area contributed by atoms with Gasteiger partial charge in [-0.05, 0) is 48.2 Å². The molecule has 0 bridgehead atoms. The van der Waals surface area contributed by atoms with E-state index in [-0.39, 0.29) is 5.91 Å². The summed E-state index contributed by atoms with van der Waals surface area (Å²) in [7, 11) is 3.18. The largest absolute Gasteiger partial charge is 0.493 e. The highest BCUT2D eigenvalue weighted by Gasteiger charge is 2.07. The molecule has 2 aromatic rings. The second kappa shape index (κ2) is 8.20. The third-order valence-electron chi connectivity index (χ3n) is 3.82. The summed E-state index contributed by atoms with van der Waals surface area (Å²) < 4.78 is 10.5. The van der Waals surface area contributed by atoms with Gasteiger partial charge in [-0.3, -0.25) is 4.79 Å². The zero-order valence-corrected chi connectivity index (χ0v) is 14.6. The average Bonchev–Trinajstić information content (AvgIpc) is 2.61. The van der Waals surface area contributed by atoms with E-state index in [0.29, 0.717) is 11.5 Å². The van der Waals surface area contributed by atoms with Crippen LogP contribution in [0.25, 0.3) is 6.08 Å². The number of amides is 1. The van der Waals surface area contributed by atoms with Crippen molar-refractivity contribution >= 4 is 17.7 Å². The molecule has 0 aliphatic carbocycles. The summed E-state index contributed by atoms with van der Waals surface area (Å²) in [6, 6.07) is 11.5. The van der Waals surface area contributed by atoms with Crippen molar-refractivity contribution in [3.63, 3.8) is 0 Å². The lowest BCUT2D eigenvalue weighted by atomic mass is 10.1. The molecule has 2 aromatic carbocycles. The number of ether oxygens (including phenoxy) is 2. The topological polar surface area (TPSA) is 47.6 Å². The van der Waals surface area contributed by atoms with Crippen molar-refractivity contribution in [1.29, 1.82) is 0 Å². The van der Waals surface area contributed by atoms with Gasteiger partial charge in [0.05, 0.1) is 14.2 Å². The molecule has 1 N–H and O–H groups in total. The van der Waals surface area contributed by atoms with Gasteiger partial charge in [0.15, 0.2) is 11.5 Å². The summed E-state index contributed by atoms with van der Waals surface area (Å²) in [5.41, 5.74) is 3.94. The van der Waals surface area contributed by atoms with Crippen LogP contribution in [-0.2, 0) is 11.2 Å². The van der Waals surface area contributed by atoms with Gasteiger partial charge in [0.1, 0.15) is 0 Å². The van der Waals surface area contributed by atoms with Crippen LogP contribution in [0.2, 0.25) is 0 Å². The Hall–Kier alpha value is -2.75. The Balaban J connectivity index is 2.14. The minimum atomic E-state index is -0.159. The third kappa shape index (κ3) is 4.16. The molecular weight excluding hydrogens is 302 g/mol. The van der Waals surface area contributed by atoms with Crippen LogP contribution in [0.1, 0.15) is 23.6 Å². The molecule has 4 heteroatoms. The highest BCUT2D eigenvalue weighted by Crippen LogP contribution is 2.28. The molecule has 0 saturated carbocycles. The number of para-hydroxylation sites is 1. The van der Waals surface area contributed by atoms with Gasteiger partial charge in [0.25, 0.3) is 0 Å². The summed E-state index contributed by atoms with van der Waals surface area (Å²) in [5.74, 6) is 1.13. The van der Waals surface area contributed by atoms with Gasteiger partial charge in [0, 0.05) is 11.8 Å².